The van der Waals surface area contributed by atoms with E-state index >= 15 is 0 Å². The monoisotopic (exact) mass is 386 g/mol. The molecule has 0 amide bonds. The van der Waals surface area contributed by atoms with Gasteiger partial charge in [0, 0.05) is 5.02 Å². The Morgan fingerprint density at radius 1 is 1.00 bits per heavy atom. The third-order valence-corrected chi connectivity index (χ3v) is 9.81. The van der Waals surface area contributed by atoms with Crippen LogP contribution in [0.1, 0.15) is 48.5 Å². The molecule has 0 bridgehead atoms. The zero-order valence-corrected chi connectivity index (χ0v) is 18.7. The summed E-state index contributed by atoms with van der Waals surface area (Å²) in [6, 6.07) is 5.14. The summed E-state index contributed by atoms with van der Waals surface area (Å²) < 4.78 is 12.0. The van der Waals surface area contributed by atoms with Crippen LogP contribution in [0.3, 0.4) is 0 Å². The maximum absolute atomic E-state index is 10.5. The van der Waals surface area contributed by atoms with Gasteiger partial charge in [-0.1, -0.05) is 32.4 Å². The Morgan fingerprint density at radius 3 is 1.96 bits per heavy atom. The van der Waals surface area contributed by atoms with Gasteiger partial charge in [-0.15, -0.1) is 0 Å². The van der Waals surface area contributed by atoms with Crippen molar-refractivity contribution in [1.82, 2.24) is 0 Å². The smallest absolute Gasteiger partial charge is 0.491 e. The summed E-state index contributed by atoms with van der Waals surface area (Å²) in [5, 5.41) is 21.2. The average molecular weight is 387 g/mol. The molecule has 2 N–H and O–H groups in total. The van der Waals surface area contributed by atoms with Gasteiger partial charge in [-0.25, -0.2) is 0 Å². The third kappa shape index (κ3) is 5.73. The molecule has 0 spiro atoms. The second-order valence-corrected chi connectivity index (χ2v) is 14.3. The Balaban J connectivity index is 3.10. The average Bonchev–Trinajstić information content (AvgIpc) is 2.33. The van der Waals surface area contributed by atoms with Crippen LogP contribution in [-0.4, -0.2) is 36.8 Å². The molecular weight excluding hydrogens is 355 g/mol. The SMILES string of the molecule is CC(C)(O)C(C)(C)OB(O)c1cc(Cl)cc(O[Si](C)(C)C(C)(C)C)c1. The van der Waals surface area contributed by atoms with Gasteiger partial charge in [0.2, 0.25) is 8.32 Å². The number of benzene rings is 1. The van der Waals surface area contributed by atoms with Gasteiger partial charge < -0.3 is 19.2 Å². The van der Waals surface area contributed by atoms with Crippen molar-refractivity contribution < 1.29 is 19.2 Å². The van der Waals surface area contributed by atoms with Crippen molar-refractivity contribution in [3.8, 4) is 5.75 Å². The van der Waals surface area contributed by atoms with Crippen LogP contribution in [-0.2, 0) is 4.65 Å². The van der Waals surface area contributed by atoms with Crippen LogP contribution in [0.2, 0.25) is 23.2 Å². The van der Waals surface area contributed by atoms with E-state index in [1.807, 2.05) is 0 Å². The first-order valence-electron chi connectivity index (χ1n) is 8.54. The number of rotatable bonds is 6. The zero-order chi connectivity index (χ0) is 19.8. The standard InChI is InChI=1S/C18H32BClO4Si/c1-16(2,3)25(8,9)23-15-11-13(10-14(20)12-15)19(22)24-18(6,7)17(4,5)21/h10-12,21-22H,1-9H3. The molecule has 0 aliphatic rings. The molecule has 0 aromatic heterocycles. The van der Waals surface area contributed by atoms with E-state index in [2.05, 4.69) is 33.9 Å². The maximum atomic E-state index is 10.5. The van der Waals surface area contributed by atoms with Crippen molar-refractivity contribution in [2.45, 2.75) is 77.8 Å². The van der Waals surface area contributed by atoms with E-state index in [-0.39, 0.29) is 5.04 Å². The van der Waals surface area contributed by atoms with Gasteiger partial charge in [-0.2, -0.15) is 0 Å². The van der Waals surface area contributed by atoms with Gasteiger partial charge in [0.15, 0.2) is 0 Å². The van der Waals surface area contributed by atoms with E-state index in [9.17, 15) is 10.1 Å². The van der Waals surface area contributed by atoms with Crippen LogP contribution in [0.5, 0.6) is 5.75 Å². The molecule has 4 nitrogen and oxygen atoms in total. The Labute approximate surface area is 158 Å². The summed E-state index contributed by atoms with van der Waals surface area (Å²) in [5.74, 6) is 0.623. The van der Waals surface area contributed by atoms with Crippen molar-refractivity contribution >= 4 is 32.5 Å². The van der Waals surface area contributed by atoms with Crippen molar-refractivity contribution in [3.05, 3.63) is 23.2 Å². The summed E-state index contributed by atoms with van der Waals surface area (Å²) in [6.07, 6.45) is 0. The van der Waals surface area contributed by atoms with Crippen LogP contribution in [0.25, 0.3) is 0 Å². The lowest BCUT2D eigenvalue weighted by atomic mass is 9.76. The molecule has 0 fully saturated rings. The van der Waals surface area contributed by atoms with Crippen LogP contribution < -0.4 is 9.89 Å². The highest BCUT2D eigenvalue weighted by Gasteiger charge is 2.41. The highest BCUT2D eigenvalue weighted by atomic mass is 35.5. The Kier molecular flexibility index (Phi) is 6.52. The molecule has 0 saturated heterocycles. The lowest BCUT2D eigenvalue weighted by molar-refractivity contribution is -0.0982. The molecule has 0 aliphatic carbocycles. The van der Waals surface area contributed by atoms with Crippen molar-refractivity contribution in [2.24, 2.45) is 0 Å². The second-order valence-electron chi connectivity index (χ2n) is 9.12. The largest absolute Gasteiger partial charge is 0.543 e. The molecule has 0 unspecified atom stereocenters. The minimum absolute atomic E-state index is 0.0491. The number of halogens is 1. The summed E-state index contributed by atoms with van der Waals surface area (Å²) in [5.41, 5.74) is -1.57. The highest BCUT2D eigenvalue weighted by Crippen LogP contribution is 2.37. The van der Waals surface area contributed by atoms with Gasteiger partial charge in [-0.3, -0.25) is 0 Å². The number of aliphatic hydroxyl groups is 1. The molecule has 0 atom stereocenters. The highest BCUT2D eigenvalue weighted by molar-refractivity contribution is 6.74. The molecule has 25 heavy (non-hydrogen) atoms. The van der Waals surface area contributed by atoms with Crippen LogP contribution in [0.4, 0.5) is 0 Å². The van der Waals surface area contributed by atoms with E-state index < -0.39 is 26.6 Å². The predicted molar refractivity (Wildman–Crippen MR) is 108 cm³/mol. The first-order chi connectivity index (χ1) is 11.0. The van der Waals surface area contributed by atoms with Gasteiger partial charge in [0.25, 0.3) is 0 Å². The van der Waals surface area contributed by atoms with Gasteiger partial charge >= 0.3 is 7.12 Å². The molecule has 1 aromatic carbocycles. The number of hydrogen-bond donors (Lipinski definition) is 2. The van der Waals surface area contributed by atoms with Gasteiger partial charge in [-0.05, 0) is 69.5 Å². The summed E-state index contributed by atoms with van der Waals surface area (Å²) in [4.78, 5) is 0. The van der Waals surface area contributed by atoms with Crippen LogP contribution in [0, 0.1) is 0 Å². The van der Waals surface area contributed by atoms with Crippen molar-refractivity contribution in [3.63, 3.8) is 0 Å². The van der Waals surface area contributed by atoms with Gasteiger partial charge in [0.1, 0.15) is 5.75 Å². The predicted octanol–water partition coefficient (Wildman–Crippen LogP) is 3.98. The topological polar surface area (TPSA) is 58.9 Å². The summed E-state index contributed by atoms with van der Waals surface area (Å²) in [7, 11) is -3.24. The Morgan fingerprint density at radius 2 is 1.52 bits per heavy atom. The fourth-order valence-corrected chi connectivity index (χ4v) is 2.97. The third-order valence-electron chi connectivity index (χ3n) is 5.24. The molecule has 1 rings (SSSR count). The van der Waals surface area contributed by atoms with Crippen molar-refractivity contribution in [1.29, 1.82) is 0 Å². The van der Waals surface area contributed by atoms with Gasteiger partial charge in [0.05, 0.1) is 11.2 Å². The molecule has 142 valence electrons. The lowest BCUT2D eigenvalue weighted by Crippen LogP contribution is -2.53. The zero-order valence-electron chi connectivity index (χ0n) is 16.9. The Bertz CT molecular complexity index is 606. The normalized spacial score (nSPS) is 13.8. The minimum Gasteiger partial charge on any atom is -0.543 e. The molecule has 0 aliphatic heterocycles. The second kappa shape index (κ2) is 7.24. The fraction of sp³-hybridized carbons (Fsp3) is 0.667. The summed E-state index contributed by atoms with van der Waals surface area (Å²) >= 11 is 6.22. The van der Waals surface area contributed by atoms with E-state index in [0.717, 1.165) is 0 Å². The van der Waals surface area contributed by atoms with E-state index in [1.165, 1.54) is 0 Å². The molecule has 7 heteroatoms. The quantitative estimate of drug-likeness (QED) is 0.726. The van der Waals surface area contributed by atoms with E-state index in [4.69, 9.17) is 20.7 Å². The van der Waals surface area contributed by atoms with Crippen LogP contribution in [0.15, 0.2) is 18.2 Å². The van der Waals surface area contributed by atoms with Crippen LogP contribution >= 0.6 is 11.6 Å². The molecular formula is C18H32BClO4Si. The molecule has 0 heterocycles. The molecule has 0 saturated carbocycles. The first-order valence-corrected chi connectivity index (χ1v) is 11.8. The lowest BCUT2D eigenvalue weighted by Gasteiger charge is -2.38. The number of hydrogen-bond acceptors (Lipinski definition) is 4. The minimum atomic E-state index is -2.02. The molecule has 0 radical (unpaired) electrons. The van der Waals surface area contributed by atoms with E-state index in [0.29, 0.717) is 16.2 Å². The fourth-order valence-electron chi connectivity index (χ4n) is 1.72. The first kappa shape index (κ1) is 22.5. The Hall–Kier alpha value is -0.528. The maximum Gasteiger partial charge on any atom is 0.491 e. The van der Waals surface area contributed by atoms with E-state index in [1.54, 1.807) is 45.9 Å². The summed E-state index contributed by atoms with van der Waals surface area (Å²) in [6.45, 7) is 17.5. The molecule has 1 aromatic rings. The van der Waals surface area contributed by atoms with Crippen molar-refractivity contribution in [2.75, 3.05) is 0 Å².